The number of amides is 1. The van der Waals surface area contributed by atoms with E-state index in [2.05, 4.69) is 36.3 Å². The van der Waals surface area contributed by atoms with Gasteiger partial charge in [-0.2, -0.15) is 5.10 Å². The van der Waals surface area contributed by atoms with E-state index in [0.717, 1.165) is 44.1 Å². The standard InChI is InChI=1S/C20H22BrN5O/c1-11-6-7-18(17(21)8-11)24-19(27)10-16-14(4)25-26(15(16)5)20-22-12(2)9-13(3)23-20/h6-9H,10H2,1-5H3,(H,24,27). The fourth-order valence-corrected chi connectivity index (χ4v) is 3.60. The van der Waals surface area contributed by atoms with E-state index in [4.69, 9.17) is 0 Å². The Balaban J connectivity index is 1.85. The zero-order valence-corrected chi connectivity index (χ0v) is 17.7. The highest BCUT2D eigenvalue weighted by atomic mass is 79.9. The maximum absolute atomic E-state index is 12.6. The lowest BCUT2D eigenvalue weighted by atomic mass is 10.1. The number of rotatable bonds is 4. The molecule has 6 nitrogen and oxygen atoms in total. The van der Waals surface area contributed by atoms with Crippen molar-refractivity contribution in [1.29, 1.82) is 0 Å². The van der Waals surface area contributed by atoms with Gasteiger partial charge in [-0.1, -0.05) is 6.07 Å². The normalized spacial score (nSPS) is 10.9. The van der Waals surface area contributed by atoms with Crippen molar-refractivity contribution >= 4 is 27.5 Å². The third-order valence-corrected chi connectivity index (χ3v) is 4.99. The highest BCUT2D eigenvalue weighted by molar-refractivity contribution is 9.10. The Bertz CT molecular complexity index is 1010. The molecule has 0 aliphatic heterocycles. The maximum Gasteiger partial charge on any atom is 0.251 e. The monoisotopic (exact) mass is 427 g/mol. The van der Waals surface area contributed by atoms with Crippen LogP contribution >= 0.6 is 15.9 Å². The van der Waals surface area contributed by atoms with Crippen molar-refractivity contribution in [1.82, 2.24) is 19.7 Å². The summed E-state index contributed by atoms with van der Waals surface area (Å²) in [7, 11) is 0. The van der Waals surface area contributed by atoms with Crippen LogP contribution in [0.25, 0.3) is 5.95 Å². The summed E-state index contributed by atoms with van der Waals surface area (Å²) in [5.41, 5.74) is 6.21. The summed E-state index contributed by atoms with van der Waals surface area (Å²) in [6, 6.07) is 7.75. The van der Waals surface area contributed by atoms with Gasteiger partial charge in [-0.05, 0) is 74.3 Å². The largest absolute Gasteiger partial charge is 0.325 e. The van der Waals surface area contributed by atoms with E-state index >= 15 is 0 Å². The summed E-state index contributed by atoms with van der Waals surface area (Å²) in [5.74, 6) is 0.438. The number of anilines is 1. The first-order valence-electron chi connectivity index (χ1n) is 8.68. The molecule has 3 rings (SSSR count). The molecule has 0 unspecified atom stereocenters. The molecule has 0 saturated carbocycles. The lowest BCUT2D eigenvalue weighted by Gasteiger charge is -2.09. The zero-order valence-electron chi connectivity index (χ0n) is 16.1. The van der Waals surface area contributed by atoms with Gasteiger partial charge < -0.3 is 5.32 Å². The second kappa shape index (κ2) is 7.60. The second-order valence-corrected chi connectivity index (χ2v) is 7.57. The van der Waals surface area contributed by atoms with E-state index in [1.807, 2.05) is 58.9 Å². The number of nitrogens with zero attached hydrogens (tertiary/aromatic N) is 4. The molecule has 0 radical (unpaired) electrons. The minimum Gasteiger partial charge on any atom is -0.325 e. The van der Waals surface area contributed by atoms with Crippen LogP contribution in [-0.2, 0) is 11.2 Å². The zero-order chi connectivity index (χ0) is 19.7. The quantitative estimate of drug-likeness (QED) is 0.678. The summed E-state index contributed by atoms with van der Waals surface area (Å²) in [5, 5.41) is 7.51. The minimum atomic E-state index is -0.0911. The van der Waals surface area contributed by atoms with E-state index in [-0.39, 0.29) is 12.3 Å². The van der Waals surface area contributed by atoms with E-state index in [0.29, 0.717) is 5.95 Å². The van der Waals surface area contributed by atoms with Crippen molar-refractivity contribution < 1.29 is 4.79 Å². The Hall–Kier alpha value is -2.54. The Morgan fingerprint density at radius 1 is 1.07 bits per heavy atom. The molecule has 3 aromatic rings. The molecule has 1 amide bonds. The van der Waals surface area contributed by atoms with Gasteiger partial charge in [0.2, 0.25) is 5.91 Å². The molecule has 140 valence electrons. The summed E-state index contributed by atoms with van der Waals surface area (Å²) in [4.78, 5) is 21.5. The summed E-state index contributed by atoms with van der Waals surface area (Å²) in [6.07, 6.45) is 0.239. The number of benzene rings is 1. The van der Waals surface area contributed by atoms with Crippen LogP contribution in [-0.4, -0.2) is 25.7 Å². The van der Waals surface area contributed by atoms with Crippen LogP contribution in [0.1, 0.15) is 33.9 Å². The molecule has 27 heavy (non-hydrogen) atoms. The molecular weight excluding hydrogens is 406 g/mol. The second-order valence-electron chi connectivity index (χ2n) is 6.72. The fourth-order valence-electron chi connectivity index (χ4n) is 3.00. The maximum atomic E-state index is 12.6. The summed E-state index contributed by atoms with van der Waals surface area (Å²) in [6.45, 7) is 9.70. The topological polar surface area (TPSA) is 72.7 Å². The van der Waals surface area contributed by atoms with Gasteiger partial charge in [-0.25, -0.2) is 14.6 Å². The molecule has 0 atom stereocenters. The van der Waals surface area contributed by atoms with Crippen LogP contribution in [0.15, 0.2) is 28.7 Å². The van der Waals surface area contributed by atoms with Gasteiger partial charge in [0.25, 0.3) is 5.95 Å². The molecule has 0 saturated heterocycles. The molecule has 0 fully saturated rings. The van der Waals surface area contributed by atoms with Gasteiger partial charge in [0.1, 0.15) is 0 Å². The number of carbonyl (C=O) groups is 1. The van der Waals surface area contributed by atoms with Gasteiger partial charge in [0.15, 0.2) is 0 Å². The third-order valence-electron chi connectivity index (χ3n) is 4.34. The molecule has 0 aliphatic carbocycles. The number of nitrogens with one attached hydrogen (secondary N) is 1. The average molecular weight is 428 g/mol. The number of aryl methyl sites for hydroxylation is 4. The molecule has 2 heterocycles. The van der Waals surface area contributed by atoms with Crippen LogP contribution in [0.5, 0.6) is 0 Å². The fraction of sp³-hybridized carbons (Fsp3) is 0.300. The van der Waals surface area contributed by atoms with Crippen LogP contribution < -0.4 is 5.32 Å². The number of halogens is 1. The Morgan fingerprint density at radius 3 is 2.37 bits per heavy atom. The minimum absolute atomic E-state index is 0.0911. The van der Waals surface area contributed by atoms with Crippen LogP contribution in [0.2, 0.25) is 0 Å². The molecular formula is C20H22BrN5O. The number of aromatic nitrogens is 4. The molecule has 7 heteroatoms. The molecule has 0 bridgehead atoms. The SMILES string of the molecule is Cc1ccc(NC(=O)Cc2c(C)nn(-c3nc(C)cc(C)n3)c2C)c(Br)c1. The third kappa shape index (κ3) is 4.24. The van der Waals surface area contributed by atoms with Crippen LogP contribution in [0.3, 0.4) is 0 Å². The Labute approximate surface area is 167 Å². The Morgan fingerprint density at radius 2 is 1.74 bits per heavy atom. The van der Waals surface area contributed by atoms with Gasteiger partial charge in [0, 0.05) is 27.1 Å². The predicted octanol–water partition coefficient (Wildman–Crippen LogP) is 4.15. The highest BCUT2D eigenvalue weighted by Gasteiger charge is 2.18. The smallest absolute Gasteiger partial charge is 0.251 e. The van der Waals surface area contributed by atoms with E-state index in [1.165, 1.54) is 0 Å². The van der Waals surface area contributed by atoms with E-state index in [1.54, 1.807) is 4.68 Å². The predicted molar refractivity (Wildman–Crippen MR) is 109 cm³/mol. The first-order chi connectivity index (χ1) is 12.7. The van der Waals surface area contributed by atoms with Gasteiger partial charge in [-0.15, -0.1) is 0 Å². The molecule has 0 aliphatic rings. The first-order valence-corrected chi connectivity index (χ1v) is 9.47. The number of hydrogen-bond donors (Lipinski definition) is 1. The van der Waals surface area contributed by atoms with Crippen molar-refractivity contribution in [3.63, 3.8) is 0 Å². The number of hydrogen-bond acceptors (Lipinski definition) is 4. The van der Waals surface area contributed by atoms with Crippen molar-refractivity contribution in [3.05, 3.63) is 62.6 Å². The molecule has 0 spiro atoms. The highest BCUT2D eigenvalue weighted by Crippen LogP contribution is 2.24. The first kappa shape index (κ1) is 19.2. The van der Waals surface area contributed by atoms with Crippen molar-refractivity contribution in [2.45, 2.75) is 41.0 Å². The number of carbonyl (C=O) groups excluding carboxylic acids is 1. The summed E-state index contributed by atoms with van der Waals surface area (Å²) >= 11 is 3.49. The van der Waals surface area contributed by atoms with Crippen molar-refractivity contribution in [2.24, 2.45) is 0 Å². The van der Waals surface area contributed by atoms with Crippen molar-refractivity contribution in [3.8, 4) is 5.95 Å². The average Bonchev–Trinajstić information content (AvgIpc) is 2.85. The van der Waals surface area contributed by atoms with E-state index < -0.39 is 0 Å². The summed E-state index contributed by atoms with van der Waals surface area (Å²) < 4.78 is 2.57. The van der Waals surface area contributed by atoms with Gasteiger partial charge in [-0.3, -0.25) is 4.79 Å². The lowest BCUT2D eigenvalue weighted by Crippen LogP contribution is -2.16. The van der Waals surface area contributed by atoms with E-state index in [9.17, 15) is 4.79 Å². The lowest BCUT2D eigenvalue weighted by molar-refractivity contribution is -0.115. The molecule has 2 aromatic heterocycles. The molecule has 1 aromatic carbocycles. The van der Waals surface area contributed by atoms with Gasteiger partial charge in [0.05, 0.1) is 17.8 Å². The molecule has 1 N–H and O–H groups in total. The Kier molecular flexibility index (Phi) is 5.41. The van der Waals surface area contributed by atoms with Crippen molar-refractivity contribution in [2.75, 3.05) is 5.32 Å². The van der Waals surface area contributed by atoms with Crippen LogP contribution in [0.4, 0.5) is 5.69 Å². The van der Waals surface area contributed by atoms with Gasteiger partial charge >= 0.3 is 0 Å². The van der Waals surface area contributed by atoms with Crippen LogP contribution in [0, 0.1) is 34.6 Å².